The summed E-state index contributed by atoms with van der Waals surface area (Å²) in [5, 5.41) is 5.30. The average molecular weight is 363 g/mol. The van der Waals surface area contributed by atoms with Gasteiger partial charge in [-0.05, 0) is 32.9 Å². The first-order valence-electron chi connectivity index (χ1n) is 8.97. The van der Waals surface area contributed by atoms with Gasteiger partial charge >= 0.3 is 6.03 Å². The number of benzene rings is 1. The van der Waals surface area contributed by atoms with Crippen LogP contribution in [0.1, 0.15) is 38.2 Å². The highest BCUT2D eigenvalue weighted by Gasteiger charge is 2.23. The maximum atomic E-state index is 12.4. The van der Waals surface area contributed by atoms with Crippen LogP contribution in [0.15, 0.2) is 18.2 Å². The second-order valence-corrected chi connectivity index (χ2v) is 6.69. The monoisotopic (exact) mass is 363 g/mol. The Morgan fingerprint density at radius 1 is 1.23 bits per heavy atom. The first kappa shape index (κ1) is 20.0. The number of ether oxygens (including phenoxy) is 2. The second-order valence-electron chi connectivity index (χ2n) is 6.69. The van der Waals surface area contributed by atoms with E-state index in [4.69, 9.17) is 9.47 Å². The number of carbonyl (C=O) groups excluding carboxylic acids is 2. The minimum atomic E-state index is -0.472. The van der Waals surface area contributed by atoms with Crippen molar-refractivity contribution in [2.24, 2.45) is 0 Å². The van der Waals surface area contributed by atoms with Crippen molar-refractivity contribution in [3.63, 3.8) is 0 Å². The van der Waals surface area contributed by atoms with E-state index in [-0.39, 0.29) is 11.9 Å². The number of hydrogen-bond donors (Lipinski definition) is 2. The Bertz CT molecular complexity index is 629. The molecule has 26 heavy (non-hydrogen) atoms. The van der Waals surface area contributed by atoms with Gasteiger partial charge in [0.1, 0.15) is 0 Å². The van der Waals surface area contributed by atoms with Crippen LogP contribution < -0.4 is 20.1 Å². The van der Waals surface area contributed by atoms with Crippen LogP contribution >= 0.6 is 0 Å². The highest BCUT2D eigenvalue weighted by Crippen LogP contribution is 2.31. The summed E-state index contributed by atoms with van der Waals surface area (Å²) in [6.45, 7) is 2.25. The summed E-state index contributed by atoms with van der Waals surface area (Å²) in [5.74, 6) is 0.963. The fraction of sp³-hybridized carbons (Fsp3) is 0.579. The standard InChI is InChI=1S/C19H29N3O4/c1-13(18(23)21-19(24)20-15-9-5-6-10-15)22(2)12-14-8-7-11-16(25-3)17(14)26-4/h7-8,11,13,15H,5-6,9-10,12H2,1-4H3,(H2,20,21,23,24). The van der Waals surface area contributed by atoms with Gasteiger partial charge in [0.25, 0.3) is 0 Å². The zero-order valence-electron chi connectivity index (χ0n) is 16.0. The van der Waals surface area contributed by atoms with E-state index in [1.54, 1.807) is 21.1 Å². The van der Waals surface area contributed by atoms with Gasteiger partial charge in [-0.1, -0.05) is 25.0 Å². The van der Waals surface area contributed by atoms with E-state index >= 15 is 0 Å². The number of imide groups is 1. The lowest BCUT2D eigenvalue weighted by molar-refractivity contribution is -0.124. The molecule has 1 atom stereocenters. The van der Waals surface area contributed by atoms with Gasteiger partial charge in [0.15, 0.2) is 11.5 Å². The summed E-state index contributed by atoms with van der Waals surface area (Å²) in [5.41, 5.74) is 0.907. The van der Waals surface area contributed by atoms with Crippen LogP contribution in [0.5, 0.6) is 11.5 Å². The van der Waals surface area contributed by atoms with E-state index in [0.717, 1.165) is 31.2 Å². The van der Waals surface area contributed by atoms with Gasteiger partial charge in [0.05, 0.1) is 20.3 Å². The normalized spacial score (nSPS) is 15.6. The Morgan fingerprint density at radius 3 is 2.54 bits per heavy atom. The topological polar surface area (TPSA) is 79.9 Å². The highest BCUT2D eigenvalue weighted by molar-refractivity contribution is 5.96. The number of hydrogen-bond acceptors (Lipinski definition) is 5. The largest absolute Gasteiger partial charge is 0.493 e. The smallest absolute Gasteiger partial charge is 0.321 e. The minimum absolute atomic E-state index is 0.178. The summed E-state index contributed by atoms with van der Waals surface area (Å²) >= 11 is 0. The molecule has 0 spiro atoms. The number of methoxy groups -OCH3 is 2. The minimum Gasteiger partial charge on any atom is -0.493 e. The fourth-order valence-electron chi connectivity index (χ4n) is 3.19. The van der Waals surface area contributed by atoms with Gasteiger partial charge in [-0.15, -0.1) is 0 Å². The molecular formula is C19H29N3O4. The lowest BCUT2D eigenvalue weighted by atomic mass is 10.1. The van der Waals surface area contributed by atoms with Gasteiger partial charge in [-0.25, -0.2) is 4.79 Å². The molecule has 1 aliphatic carbocycles. The Morgan fingerprint density at radius 2 is 1.92 bits per heavy atom. The summed E-state index contributed by atoms with van der Waals surface area (Å²) in [6, 6.07) is 4.92. The van der Waals surface area contributed by atoms with Gasteiger partial charge in [0.2, 0.25) is 5.91 Å². The van der Waals surface area contributed by atoms with E-state index in [9.17, 15) is 9.59 Å². The van der Waals surface area contributed by atoms with Crippen LogP contribution in [0.25, 0.3) is 0 Å². The predicted octanol–water partition coefficient (Wildman–Crippen LogP) is 2.29. The van der Waals surface area contributed by atoms with Crippen molar-refractivity contribution in [3.05, 3.63) is 23.8 Å². The maximum absolute atomic E-state index is 12.4. The molecule has 1 fully saturated rings. The molecule has 0 heterocycles. The van der Waals surface area contributed by atoms with E-state index in [2.05, 4.69) is 10.6 Å². The first-order chi connectivity index (χ1) is 12.5. The third-order valence-electron chi connectivity index (χ3n) is 4.87. The van der Waals surface area contributed by atoms with Crippen molar-refractivity contribution < 1.29 is 19.1 Å². The van der Waals surface area contributed by atoms with Crippen molar-refractivity contribution >= 4 is 11.9 Å². The number of urea groups is 1. The number of amides is 3. The third-order valence-corrected chi connectivity index (χ3v) is 4.87. The average Bonchev–Trinajstić information content (AvgIpc) is 3.13. The van der Waals surface area contributed by atoms with Crippen molar-refractivity contribution in [2.75, 3.05) is 21.3 Å². The predicted molar refractivity (Wildman–Crippen MR) is 99.4 cm³/mol. The summed E-state index contributed by atoms with van der Waals surface area (Å²) in [4.78, 5) is 26.2. The van der Waals surface area contributed by atoms with Crippen LogP contribution in [0, 0.1) is 0 Å². The fourth-order valence-corrected chi connectivity index (χ4v) is 3.19. The van der Waals surface area contributed by atoms with E-state index in [1.807, 2.05) is 30.1 Å². The molecule has 3 amide bonds. The number of rotatable bonds is 7. The summed E-state index contributed by atoms with van der Waals surface area (Å²) in [6.07, 6.45) is 4.21. The molecule has 1 unspecified atom stereocenters. The van der Waals surface area contributed by atoms with Gasteiger partial charge in [-0.2, -0.15) is 0 Å². The number of para-hydroxylation sites is 1. The SMILES string of the molecule is COc1cccc(CN(C)C(C)C(=O)NC(=O)NC2CCCC2)c1OC. The Hall–Kier alpha value is -2.28. The number of nitrogens with one attached hydrogen (secondary N) is 2. The van der Waals surface area contributed by atoms with Gasteiger partial charge in [0, 0.05) is 18.2 Å². The molecule has 2 rings (SSSR count). The molecule has 0 bridgehead atoms. The molecule has 0 saturated heterocycles. The molecule has 144 valence electrons. The molecule has 1 aromatic carbocycles. The van der Waals surface area contributed by atoms with E-state index < -0.39 is 12.1 Å². The molecule has 7 nitrogen and oxygen atoms in total. The van der Waals surface area contributed by atoms with E-state index in [1.165, 1.54) is 0 Å². The van der Waals surface area contributed by atoms with Crippen molar-refractivity contribution in [3.8, 4) is 11.5 Å². The molecular weight excluding hydrogens is 334 g/mol. The van der Waals surface area contributed by atoms with Crippen LogP contribution in [0.2, 0.25) is 0 Å². The maximum Gasteiger partial charge on any atom is 0.321 e. The molecule has 1 aromatic rings. The molecule has 0 aromatic heterocycles. The molecule has 0 aliphatic heterocycles. The van der Waals surface area contributed by atoms with E-state index in [0.29, 0.717) is 18.0 Å². The Labute approximate surface area is 155 Å². The lowest BCUT2D eigenvalue weighted by Gasteiger charge is -2.25. The number of carbonyl (C=O) groups is 2. The molecule has 0 radical (unpaired) electrons. The first-order valence-corrected chi connectivity index (χ1v) is 8.97. The Balaban J connectivity index is 1.92. The molecule has 7 heteroatoms. The van der Waals surface area contributed by atoms with Crippen molar-refractivity contribution in [1.82, 2.24) is 15.5 Å². The zero-order valence-corrected chi connectivity index (χ0v) is 16.0. The number of nitrogens with zero attached hydrogens (tertiary/aromatic N) is 1. The van der Waals surface area contributed by atoms with Crippen LogP contribution in [0.4, 0.5) is 4.79 Å². The van der Waals surface area contributed by atoms with Gasteiger partial charge in [-0.3, -0.25) is 15.0 Å². The molecule has 1 saturated carbocycles. The van der Waals surface area contributed by atoms with Crippen LogP contribution in [-0.2, 0) is 11.3 Å². The Kier molecular flexibility index (Phi) is 7.26. The van der Waals surface area contributed by atoms with Crippen molar-refractivity contribution in [1.29, 1.82) is 0 Å². The number of likely N-dealkylation sites (N-methyl/N-ethyl adjacent to an activating group) is 1. The third kappa shape index (κ3) is 5.11. The lowest BCUT2D eigenvalue weighted by Crippen LogP contribution is -2.50. The summed E-state index contributed by atoms with van der Waals surface area (Å²) < 4.78 is 10.7. The van der Waals surface area contributed by atoms with Crippen LogP contribution in [-0.4, -0.2) is 50.2 Å². The molecule has 2 N–H and O–H groups in total. The van der Waals surface area contributed by atoms with Crippen molar-refractivity contribution in [2.45, 2.75) is 51.2 Å². The molecule has 1 aliphatic rings. The second kappa shape index (κ2) is 9.43. The van der Waals surface area contributed by atoms with Gasteiger partial charge < -0.3 is 14.8 Å². The van der Waals surface area contributed by atoms with Crippen LogP contribution in [0.3, 0.4) is 0 Å². The highest BCUT2D eigenvalue weighted by atomic mass is 16.5. The summed E-state index contributed by atoms with van der Waals surface area (Å²) in [7, 11) is 5.01. The zero-order chi connectivity index (χ0) is 19.1. The quantitative estimate of drug-likeness (QED) is 0.777.